The number of rotatable bonds is 3. The van der Waals surface area contributed by atoms with Gasteiger partial charge in [-0.25, -0.2) is 13.6 Å². The molecule has 0 spiro atoms. The van der Waals surface area contributed by atoms with E-state index in [-0.39, 0.29) is 11.3 Å². The van der Waals surface area contributed by atoms with Crippen LogP contribution in [0, 0.1) is 0 Å². The molecule has 6 heteroatoms. The predicted molar refractivity (Wildman–Crippen MR) is 53.7 cm³/mol. The number of carbonyl (C=O) groups is 1. The first-order valence-electron chi connectivity index (χ1n) is 5.02. The molecule has 1 aromatic carbocycles. The summed E-state index contributed by atoms with van der Waals surface area (Å²) in [4.78, 5) is 11.5. The van der Waals surface area contributed by atoms with Gasteiger partial charge < -0.3 is 14.2 Å². The van der Waals surface area contributed by atoms with E-state index in [4.69, 9.17) is 9.47 Å². The topological polar surface area (TPSA) is 44.8 Å². The van der Waals surface area contributed by atoms with Gasteiger partial charge in [-0.1, -0.05) is 6.07 Å². The molecule has 0 aromatic heterocycles. The highest BCUT2D eigenvalue weighted by Crippen LogP contribution is 2.33. The van der Waals surface area contributed by atoms with E-state index >= 15 is 0 Å². The lowest BCUT2D eigenvalue weighted by Gasteiger charge is -2.20. The summed E-state index contributed by atoms with van der Waals surface area (Å²) >= 11 is 0. The fourth-order valence-corrected chi connectivity index (χ4v) is 1.45. The van der Waals surface area contributed by atoms with Gasteiger partial charge in [0.2, 0.25) is 0 Å². The highest BCUT2D eigenvalue weighted by Gasteiger charge is 2.22. The van der Waals surface area contributed by atoms with Crippen LogP contribution in [0.1, 0.15) is 10.4 Å². The molecule has 17 heavy (non-hydrogen) atoms. The van der Waals surface area contributed by atoms with Crippen LogP contribution in [0.15, 0.2) is 18.2 Å². The van der Waals surface area contributed by atoms with Gasteiger partial charge >= 0.3 is 5.97 Å². The number of hydrogen-bond donors (Lipinski definition) is 0. The highest BCUT2D eigenvalue weighted by molar-refractivity contribution is 5.93. The van der Waals surface area contributed by atoms with Gasteiger partial charge in [0.15, 0.2) is 18.1 Å². The van der Waals surface area contributed by atoms with Crippen LogP contribution in [0.25, 0.3) is 0 Å². The summed E-state index contributed by atoms with van der Waals surface area (Å²) in [6.07, 6.45) is -2.68. The largest absolute Gasteiger partial charge is 0.486 e. The van der Waals surface area contributed by atoms with Gasteiger partial charge in [-0.2, -0.15) is 0 Å². The van der Waals surface area contributed by atoms with Gasteiger partial charge in [0.25, 0.3) is 6.43 Å². The summed E-state index contributed by atoms with van der Waals surface area (Å²) < 4.78 is 38.8. The lowest BCUT2D eigenvalue weighted by molar-refractivity contribution is 0.0154. The smallest absolute Gasteiger partial charge is 0.342 e. The van der Waals surface area contributed by atoms with Crippen molar-refractivity contribution in [2.45, 2.75) is 6.43 Å². The minimum absolute atomic E-state index is 0.0999. The molecule has 0 saturated heterocycles. The van der Waals surface area contributed by atoms with Crippen LogP contribution < -0.4 is 9.47 Å². The van der Waals surface area contributed by atoms with Crippen molar-refractivity contribution in [1.82, 2.24) is 0 Å². The van der Waals surface area contributed by atoms with Crippen LogP contribution in [-0.4, -0.2) is 32.2 Å². The number of para-hydroxylation sites is 1. The number of alkyl halides is 2. The Hall–Kier alpha value is -1.85. The zero-order valence-corrected chi connectivity index (χ0v) is 8.82. The molecule has 1 aromatic rings. The van der Waals surface area contributed by atoms with E-state index in [0.29, 0.717) is 19.0 Å². The maximum Gasteiger partial charge on any atom is 0.342 e. The van der Waals surface area contributed by atoms with Crippen molar-refractivity contribution in [2.75, 3.05) is 19.8 Å². The Labute approximate surface area is 96.1 Å². The molecule has 0 radical (unpaired) electrons. The maximum atomic E-state index is 11.9. The number of esters is 1. The quantitative estimate of drug-likeness (QED) is 0.761. The molecule has 0 N–H and O–H groups in total. The van der Waals surface area contributed by atoms with E-state index in [1.54, 1.807) is 12.1 Å². The number of halogens is 2. The Morgan fingerprint density at radius 1 is 1.35 bits per heavy atom. The number of benzene rings is 1. The second-order valence-corrected chi connectivity index (χ2v) is 3.32. The SMILES string of the molecule is O=C(OCC(F)F)c1cccc2c1OCCO2. The summed E-state index contributed by atoms with van der Waals surface area (Å²) in [5.41, 5.74) is 0.0999. The van der Waals surface area contributed by atoms with E-state index in [2.05, 4.69) is 4.74 Å². The molecule has 1 aliphatic heterocycles. The molecule has 0 atom stereocenters. The van der Waals surface area contributed by atoms with Crippen molar-refractivity contribution in [3.8, 4) is 11.5 Å². The third-order valence-electron chi connectivity index (χ3n) is 2.13. The summed E-state index contributed by atoms with van der Waals surface area (Å²) in [6.45, 7) is -0.224. The van der Waals surface area contributed by atoms with Crippen molar-refractivity contribution in [3.05, 3.63) is 23.8 Å². The summed E-state index contributed by atoms with van der Waals surface area (Å²) in [6, 6.07) is 4.66. The van der Waals surface area contributed by atoms with E-state index in [0.717, 1.165) is 0 Å². The van der Waals surface area contributed by atoms with Gasteiger partial charge in [-0.3, -0.25) is 0 Å². The van der Waals surface area contributed by atoms with Crippen molar-refractivity contribution < 1.29 is 27.8 Å². The van der Waals surface area contributed by atoms with E-state index in [9.17, 15) is 13.6 Å². The zero-order chi connectivity index (χ0) is 12.3. The van der Waals surface area contributed by atoms with Crippen molar-refractivity contribution >= 4 is 5.97 Å². The molecule has 1 aliphatic rings. The van der Waals surface area contributed by atoms with Crippen LogP contribution in [0.4, 0.5) is 8.78 Å². The first-order chi connectivity index (χ1) is 8.18. The first kappa shape index (κ1) is 11.6. The maximum absolute atomic E-state index is 11.9. The van der Waals surface area contributed by atoms with Crippen LogP contribution in [0.5, 0.6) is 11.5 Å². The van der Waals surface area contributed by atoms with Crippen LogP contribution in [0.3, 0.4) is 0 Å². The summed E-state index contributed by atoms with van der Waals surface area (Å²) in [5, 5.41) is 0. The van der Waals surface area contributed by atoms with Crippen LogP contribution in [-0.2, 0) is 4.74 Å². The molecular weight excluding hydrogens is 234 g/mol. The normalized spacial score (nSPS) is 13.6. The van der Waals surface area contributed by atoms with Crippen LogP contribution >= 0.6 is 0 Å². The average Bonchev–Trinajstić information content (AvgIpc) is 2.35. The molecular formula is C11H10F2O4. The van der Waals surface area contributed by atoms with Gasteiger partial charge in [-0.05, 0) is 12.1 Å². The third-order valence-corrected chi connectivity index (χ3v) is 2.13. The molecule has 2 rings (SSSR count). The highest BCUT2D eigenvalue weighted by atomic mass is 19.3. The average molecular weight is 244 g/mol. The molecule has 0 aliphatic carbocycles. The lowest BCUT2D eigenvalue weighted by Crippen LogP contribution is -2.19. The van der Waals surface area contributed by atoms with Crippen molar-refractivity contribution in [1.29, 1.82) is 0 Å². The third kappa shape index (κ3) is 2.64. The summed E-state index contributed by atoms with van der Waals surface area (Å²) in [5.74, 6) is -0.173. The lowest BCUT2D eigenvalue weighted by atomic mass is 10.2. The first-order valence-corrected chi connectivity index (χ1v) is 5.02. The molecule has 0 amide bonds. The minimum Gasteiger partial charge on any atom is -0.486 e. The fraction of sp³-hybridized carbons (Fsp3) is 0.364. The molecule has 0 saturated carbocycles. The molecule has 0 fully saturated rings. The van der Waals surface area contributed by atoms with E-state index < -0.39 is 19.0 Å². The second-order valence-electron chi connectivity index (χ2n) is 3.32. The predicted octanol–water partition coefficient (Wildman–Crippen LogP) is 1.88. The van der Waals surface area contributed by atoms with Gasteiger partial charge in [-0.15, -0.1) is 0 Å². The Kier molecular flexibility index (Phi) is 3.41. The number of hydrogen-bond acceptors (Lipinski definition) is 4. The standard InChI is InChI=1S/C11H10F2O4/c12-9(13)6-17-11(14)7-2-1-3-8-10(7)16-5-4-15-8/h1-3,9H,4-6H2. The van der Waals surface area contributed by atoms with Gasteiger partial charge in [0.1, 0.15) is 18.8 Å². The molecule has 0 unspecified atom stereocenters. The Balaban J connectivity index is 2.17. The number of carbonyl (C=O) groups excluding carboxylic acids is 1. The summed E-state index contributed by atoms with van der Waals surface area (Å²) in [7, 11) is 0. The molecule has 4 nitrogen and oxygen atoms in total. The number of fused-ring (bicyclic) bond motifs is 1. The Morgan fingerprint density at radius 2 is 2.12 bits per heavy atom. The Morgan fingerprint density at radius 3 is 2.88 bits per heavy atom. The van der Waals surface area contributed by atoms with Crippen LogP contribution in [0.2, 0.25) is 0 Å². The van der Waals surface area contributed by atoms with E-state index in [1.807, 2.05) is 0 Å². The second kappa shape index (κ2) is 4.99. The zero-order valence-electron chi connectivity index (χ0n) is 8.82. The minimum atomic E-state index is -2.68. The van der Waals surface area contributed by atoms with E-state index in [1.165, 1.54) is 6.07 Å². The van der Waals surface area contributed by atoms with Crippen molar-refractivity contribution in [3.63, 3.8) is 0 Å². The molecule has 1 heterocycles. The molecule has 92 valence electrons. The fourth-order valence-electron chi connectivity index (χ4n) is 1.45. The number of ether oxygens (including phenoxy) is 3. The Bertz CT molecular complexity index is 420. The van der Waals surface area contributed by atoms with Gasteiger partial charge in [0.05, 0.1) is 0 Å². The van der Waals surface area contributed by atoms with Crippen molar-refractivity contribution in [2.24, 2.45) is 0 Å². The monoisotopic (exact) mass is 244 g/mol. The molecule has 0 bridgehead atoms. The van der Waals surface area contributed by atoms with Gasteiger partial charge in [0, 0.05) is 0 Å².